The lowest BCUT2D eigenvalue weighted by molar-refractivity contribution is 0.0714. The average molecular weight is 297 g/mol. The quantitative estimate of drug-likeness (QED) is 0.897. The lowest BCUT2D eigenvalue weighted by Gasteiger charge is -2.35. The van der Waals surface area contributed by atoms with Gasteiger partial charge in [-0.3, -0.25) is 4.79 Å². The van der Waals surface area contributed by atoms with Crippen LogP contribution in [0.5, 0.6) is 0 Å². The van der Waals surface area contributed by atoms with Crippen molar-refractivity contribution in [3.05, 3.63) is 34.9 Å². The number of nitrogens with one attached hydrogen (secondary N) is 1. The Hall–Kier alpha value is -1.49. The molecule has 1 saturated carbocycles. The maximum atomic E-state index is 13.9. The third kappa shape index (κ3) is 3.40. The molecule has 0 aliphatic heterocycles. The predicted molar refractivity (Wildman–Crippen MR) is 76.0 cm³/mol. The van der Waals surface area contributed by atoms with Gasteiger partial charge in [-0.25, -0.2) is 8.78 Å². The Bertz CT molecular complexity index is 525. The Morgan fingerprint density at radius 2 is 1.95 bits per heavy atom. The molecule has 1 aromatic carbocycles. The highest BCUT2D eigenvalue weighted by molar-refractivity contribution is 5.95. The molecule has 0 unspecified atom stereocenters. The second kappa shape index (κ2) is 6.52. The van der Waals surface area contributed by atoms with E-state index in [-0.39, 0.29) is 24.1 Å². The minimum atomic E-state index is -0.864. The number of hydrogen-bond acceptors (Lipinski definition) is 2. The van der Waals surface area contributed by atoms with Gasteiger partial charge in [-0.15, -0.1) is 0 Å². The van der Waals surface area contributed by atoms with Gasteiger partial charge in [0.1, 0.15) is 17.2 Å². The van der Waals surface area contributed by atoms with Crippen molar-refractivity contribution in [2.75, 3.05) is 13.2 Å². The summed E-state index contributed by atoms with van der Waals surface area (Å²) in [5, 5.41) is 12.2. The van der Waals surface area contributed by atoms with Crippen molar-refractivity contribution in [3.63, 3.8) is 0 Å². The van der Waals surface area contributed by atoms with E-state index in [1.54, 1.807) is 0 Å². The second-order valence-electron chi connectivity index (χ2n) is 5.95. The molecule has 0 saturated heterocycles. The number of aliphatic hydroxyl groups is 1. The van der Waals surface area contributed by atoms with Crippen LogP contribution in [0.2, 0.25) is 0 Å². The Morgan fingerprint density at radius 1 is 1.29 bits per heavy atom. The van der Waals surface area contributed by atoms with Crippen LogP contribution >= 0.6 is 0 Å². The number of rotatable bonds is 4. The van der Waals surface area contributed by atoms with Crippen molar-refractivity contribution < 1.29 is 18.7 Å². The van der Waals surface area contributed by atoms with Gasteiger partial charge in [0.05, 0.1) is 6.61 Å². The summed E-state index contributed by atoms with van der Waals surface area (Å²) in [5.74, 6) is -2.45. The van der Waals surface area contributed by atoms with Crippen LogP contribution in [0.15, 0.2) is 12.1 Å². The first kappa shape index (κ1) is 15.9. The molecule has 1 aliphatic carbocycles. The molecule has 1 amide bonds. The van der Waals surface area contributed by atoms with E-state index in [1.807, 2.05) is 0 Å². The zero-order chi connectivity index (χ0) is 15.5. The van der Waals surface area contributed by atoms with E-state index < -0.39 is 23.1 Å². The molecule has 2 N–H and O–H groups in total. The molecule has 1 aliphatic rings. The van der Waals surface area contributed by atoms with Crippen molar-refractivity contribution in [1.29, 1.82) is 0 Å². The van der Waals surface area contributed by atoms with Gasteiger partial charge in [0, 0.05) is 12.0 Å². The number of aryl methyl sites for hydroxylation is 1. The zero-order valence-electron chi connectivity index (χ0n) is 12.2. The Balaban J connectivity index is 2.10. The number of carbonyl (C=O) groups is 1. The average Bonchev–Trinajstić information content (AvgIpc) is 2.50. The van der Waals surface area contributed by atoms with Crippen molar-refractivity contribution in [2.24, 2.45) is 5.41 Å². The maximum Gasteiger partial charge on any atom is 0.257 e. The number of benzene rings is 1. The molecule has 0 heterocycles. The minimum absolute atomic E-state index is 0.0218. The van der Waals surface area contributed by atoms with E-state index in [2.05, 4.69) is 5.32 Å². The third-order valence-electron chi connectivity index (χ3n) is 4.38. The van der Waals surface area contributed by atoms with Crippen LogP contribution in [0.1, 0.15) is 48.0 Å². The standard InChI is InChI=1S/C16H21F2NO2/c1-11-5-6-12(17)13(14(11)18)15(21)19-9-16(10-20)7-3-2-4-8-16/h5-6,20H,2-4,7-10H2,1H3,(H,19,21). The highest BCUT2D eigenvalue weighted by Crippen LogP contribution is 2.35. The summed E-state index contributed by atoms with van der Waals surface area (Å²) in [6.07, 6.45) is 4.77. The van der Waals surface area contributed by atoms with Gasteiger partial charge < -0.3 is 10.4 Å². The van der Waals surface area contributed by atoms with E-state index in [9.17, 15) is 18.7 Å². The Morgan fingerprint density at radius 3 is 2.57 bits per heavy atom. The highest BCUT2D eigenvalue weighted by atomic mass is 19.1. The Labute approximate surface area is 123 Å². The Kier molecular flexibility index (Phi) is 4.93. The number of hydrogen-bond donors (Lipinski definition) is 2. The van der Waals surface area contributed by atoms with Crippen LogP contribution < -0.4 is 5.32 Å². The first-order valence-electron chi connectivity index (χ1n) is 7.33. The SMILES string of the molecule is Cc1ccc(F)c(C(=O)NCC2(CO)CCCCC2)c1F. The molecule has 116 valence electrons. The van der Waals surface area contributed by atoms with Crippen LogP contribution in [0, 0.1) is 24.0 Å². The van der Waals surface area contributed by atoms with Gasteiger partial charge >= 0.3 is 0 Å². The summed E-state index contributed by atoms with van der Waals surface area (Å²) in [5.41, 5.74) is -0.667. The van der Waals surface area contributed by atoms with Crippen LogP contribution in [0.4, 0.5) is 8.78 Å². The largest absolute Gasteiger partial charge is 0.396 e. The topological polar surface area (TPSA) is 49.3 Å². The van der Waals surface area contributed by atoms with E-state index in [0.717, 1.165) is 38.2 Å². The van der Waals surface area contributed by atoms with Crippen LogP contribution in [-0.4, -0.2) is 24.2 Å². The molecule has 0 radical (unpaired) electrons. The molecular weight excluding hydrogens is 276 g/mol. The molecule has 2 rings (SSSR count). The smallest absolute Gasteiger partial charge is 0.257 e. The minimum Gasteiger partial charge on any atom is -0.396 e. The molecule has 0 aromatic heterocycles. The molecule has 0 spiro atoms. The molecule has 0 bridgehead atoms. The van der Waals surface area contributed by atoms with Crippen LogP contribution in [0.3, 0.4) is 0 Å². The van der Waals surface area contributed by atoms with Gasteiger partial charge in [-0.1, -0.05) is 25.3 Å². The van der Waals surface area contributed by atoms with E-state index >= 15 is 0 Å². The monoisotopic (exact) mass is 297 g/mol. The summed E-state index contributed by atoms with van der Waals surface area (Å²) in [7, 11) is 0. The normalized spacial score (nSPS) is 17.5. The van der Waals surface area contributed by atoms with Crippen molar-refractivity contribution in [1.82, 2.24) is 5.32 Å². The van der Waals surface area contributed by atoms with Gasteiger partial charge in [-0.05, 0) is 31.4 Å². The molecule has 0 atom stereocenters. The summed E-state index contributed by atoms with van der Waals surface area (Å²) in [6, 6.07) is 2.40. The van der Waals surface area contributed by atoms with E-state index in [0.29, 0.717) is 0 Å². The first-order chi connectivity index (χ1) is 9.99. The fourth-order valence-electron chi connectivity index (χ4n) is 2.91. The van der Waals surface area contributed by atoms with Crippen molar-refractivity contribution >= 4 is 5.91 Å². The van der Waals surface area contributed by atoms with Gasteiger partial charge in [0.2, 0.25) is 0 Å². The molecule has 5 heteroatoms. The maximum absolute atomic E-state index is 13.9. The molecule has 3 nitrogen and oxygen atoms in total. The molecule has 21 heavy (non-hydrogen) atoms. The van der Waals surface area contributed by atoms with Crippen molar-refractivity contribution in [2.45, 2.75) is 39.0 Å². The summed E-state index contributed by atoms with van der Waals surface area (Å²) in [4.78, 5) is 12.1. The van der Waals surface area contributed by atoms with Gasteiger partial charge in [0.15, 0.2) is 0 Å². The summed E-state index contributed by atoms with van der Waals surface area (Å²) >= 11 is 0. The molecule has 1 aromatic rings. The third-order valence-corrected chi connectivity index (χ3v) is 4.38. The summed E-state index contributed by atoms with van der Waals surface area (Å²) < 4.78 is 27.6. The molecule has 1 fully saturated rings. The zero-order valence-corrected chi connectivity index (χ0v) is 12.2. The lowest BCUT2D eigenvalue weighted by atomic mass is 9.74. The van der Waals surface area contributed by atoms with Gasteiger partial charge in [0.25, 0.3) is 5.91 Å². The van der Waals surface area contributed by atoms with E-state index in [4.69, 9.17) is 0 Å². The summed E-state index contributed by atoms with van der Waals surface area (Å²) in [6.45, 7) is 1.71. The number of carbonyl (C=O) groups excluding carboxylic acids is 1. The van der Waals surface area contributed by atoms with Crippen LogP contribution in [0.25, 0.3) is 0 Å². The highest BCUT2D eigenvalue weighted by Gasteiger charge is 2.32. The fraction of sp³-hybridized carbons (Fsp3) is 0.562. The fourth-order valence-corrected chi connectivity index (χ4v) is 2.91. The number of halogens is 2. The van der Waals surface area contributed by atoms with Crippen LogP contribution in [-0.2, 0) is 0 Å². The van der Waals surface area contributed by atoms with E-state index in [1.165, 1.54) is 13.0 Å². The van der Waals surface area contributed by atoms with Gasteiger partial charge in [-0.2, -0.15) is 0 Å². The lowest BCUT2D eigenvalue weighted by Crippen LogP contribution is -2.41. The number of aliphatic hydroxyl groups excluding tert-OH is 1. The number of amides is 1. The molecular formula is C16H21F2NO2. The van der Waals surface area contributed by atoms with Crippen molar-refractivity contribution in [3.8, 4) is 0 Å². The predicted octanol–water partition coefficient (Wildman–Crippen LogP) is 2.95. The second-order valence-corrected chi connectivity index (χ2v) is 5.95. The first-order valence-corrected chi connectivity index (χ1v) is 7.33.